The number of rotatable bonds is 15. The lowest BCUT2D eigenvalue weighted by molar-refractivity contribution is 0.303. The summed E-state index contributed by atoms with van der Waals surface area (Å²) in [4.78, 5) is 13.9. The molecule has 3 rings (SSSR count). The smallest absolute Gasteiger partial charge is 0.224 e. The highest BCUT2D eigenvalue weighted by Gasteiger charge is 2.12. The van der Waals surface area contributed by atoms with Crippen LogP contribution >= 0.6 is 0 Å². The molecule has 188 valence electrons. The Morgan fingerprint density at radius 3 is 2.44 bits per heavy atom. The second-order valence-corrected chi connectivity index (χ2v) is 9.56. The Kier molecular flexibility index (Phi) is 12.0. The van der Waals surface area contributed by atoms with Crippen molar-refractivity contribution in [2.75, 3.05) is 50.1 Å². The molecule has 0 unspecified atom stereocenters. The minimum atomic E-state index is 0.724. The lowest BCUT2D eigenvalue weighted by atomic mass is 10.1. The number of nitrogens with zero attached hydrogens (tertiary/aromatic N) is 4. The van der Waals surface area contributed by atoms with E-state index >= 15 is 0 Å². The van der Waals surface area contributed by atoms with Crippen LogP contribution in [0.25, 0.3) is 0 Å². The Morgan fingerprint density at radius 1 is 0.941 bits per heavy atom. The van der Waals surface area contributed by atoms with Gasteiger partial charge in [0, 0.05) is 38.9 Å². The Morgan fingerprint density at radius 2 is 1.68 bits per heavy atom. The molecular formula is C28H45N5O. The van der Waals surface area contributed by atoms with Crippen LogP contribution in [-0.4, -0.2) is 54.7 Å². The van der Waals surface area contributed by atoms with Crippen LogP contribution in [0, 0.1) is 0 Å². The van der Waals surface area contributed by atoms with Gasteiger partial charge in [-0.3, -0.25) is 0 Å². The van der Waals surface area contributed by atoms with E-state index in [1.54, 1.807) is 0 Å². The topological polar surface area (TPSA) is 53.5 Å². The zero-order chi connectivity index (χ0) is 23.8. The second-order valence-electron chi connectivity index (χ2n) is 9.56. The molecule has 0 aliphatic carbocycles. The normalized spacial score (nSPS) is 14.3. The van der Waals surface area contributed by atoms with Crippen molar-refractivity contribution in [2.45, 2.75) is 77.7 Å². The maximum atomic E-state index is 5.91. The maximum absolute atomic E-state index is 5.91. The predicted molar refractivity (Wildman–Crippen MR) is 143 cm³/mol. The third kappa shape index (κ3) is 9.88. The van der Waals surface area contributed by atoms with Gasteiger partial charge in [-0.05, 0) is 50.1 Å². The zero-order valence-corrected chi connectivity index (χ0v) is 21.5. The van der Waals surface area contributed by atoms with E-state index in [2.05, 4.69) is 58.3 Å². The number of likely N-dealkylation sites (N-methyl/N-ethyl adjacent to an activating group) is 1. The molecule has 0 bridgehead atoms. The summed E-state index contributed by atoms with van der Waals surface area (Å²) in [5.41, 5.74) is 1.30. The van der Waals surface area contributed by atoms with Crippen molar-refractivity contribution in [3.05, 3.63) is 42.1 Å². The summed E-state index contributed by atoms with van der Waals surface area (Å²) >= 11 is 0. The zero-order valence-electron chi connectivity index (χ0n) is 21.5. The minimum Gasteiger partial charge on any atom is -0.494 e. The van der Waals surface area contributed by atoms with Gasteiger partial charge >= 0.3 is 0 Å². The van der Waals surface area contributed by atoms with E-state index in [9.17, 15) is 0 Å². The summed E-state index contributed by atoms with van der Waals surface area (Å²) in [7, 11) is 2.15. The summed E-state index contributed by atoms with van der Waals surface area (Å²) in [5.74, 6) is 2.75. The van der Waals surface area contributed by atoms with Crippen molar-refractivity contribution in [3.63, 3.8) is 0 Å². The van der Waals surface area contributed by atoms with Crippen LogP contribution in [0.1, 0.15) is 76.7 Å². The molecule has 34 heavy (non-hydrogen) atoms. The van der Waals surface area contributed by atoms with Gasteiger partial charge < -0.3 is 19.9 Å². The summed E-state index contributed by atoms with van der Waals surface area (Å²) in [5, 5.41) is 3.40. The highest BCUT2D eigenvalue weighted by Crippen LogP contribution is 2.18. The first-order chi connectivity index (χ1) is 16.7. The number of anilines is 2. The quantitative estimate of drug-likeness (QED) is 0.318. The minimum absolute atomic E-state index is 0.724. The standard InChI is InChI=1S/C28H45N5O/c1-3-4-5-6-9-12-23-34-26-15-13-25(14-16-26)24-32(2)22-19-30-28-29-18-17-27(31-28)33-20-10-7-8-11-21-33/h13-18H,3-12,19-24H2,1-2H3,(H,29,30,31). The average Bonchev–Trinajstić information content (AvgIpc) is 3.14. The van der Waals surface area contributed by atoms with Crippen molar-refractivity contribution in [2.24, 2.45) is 0 Å². The molecule has 1 aromatic carbocycles. The molecule has 6 nitrogen and oxygen atoms in total. The fraction of sp³-hybridized carbons (Fsp3) is 0.643. The van der Waals surface area contributed by atoms with Crippen LogP contribution < -0.4 is 15.0 Å². The van der Waals surface area contributed by atoms with Crippen LogP contribution in [0.2, 0.25) is 0 Å². The van der Waals surface area contributed by atoms with Gasteiger partial charge in [0.05, 0.1) is 6.61 Å². The van der Waals surface area contributed by atoms with E-state index in [1.165, 1.54) is 63.4 Å². The molecule has 1 fully saturated rings. The van der Waals surface area contributed by atoms with Gasteiger partial charge in [0.2, 0.25) is 5.95 Å². The highest BCUT2D eigenvalue weighted by atomic mass is 16.5. The first kappa shape index (κ1) is 26.3. The SMILES string of the molecule is CCCCCCCCOc1ccc(CN(C)CCNc2nccc(N3CCCCCC3)n2)cc1. The number of hydrogen-bond donors (Lipinski definition) is 1. The molecule has 0 atom stereocenters. The molecule has 0 spiro atoms. The van der Waals surface area contributed by atoms with Gasteiger partial charge in [0.15, 0.2) is 0 Å². The summed E-state index contributed by atoms with van der Waals surface area (Å²) < 4.78 is 5.91. The average molecular weight is 468 g/mol. The molecule has 0 amide bonds. The van der Waals surface area contributed by atoms with Gasteiger partial charge in [-0.2, -0.15) is 4.98 Å². The molecule has 1 aliphatic rings. The molecule has 0 radical (unpaired) electrons. The van der Waals surface area contributed by atoms with Crippen LogP contribution in [0.3, 0.4) is 0 Å². The number of nitrogens with one attached hydrogen (secondary N) is 1. The summed E-state index contributed by atoms with van der Waals surface area (Å²) in [6, 6.07) is 10.6. The highest BCUT2D eigenvalue weighted by molar-refractivity contribution is 5.42. The number of hydrogen-bond acceptors (Lipinski definition) is 6. The van der Waals surface area contributed by atoms with Gasteiger partial charge in [-0.1, -0.05) is 64.0 Å². The van der Waals surface area contributed by atoms with E-state index in [0.29, 0.717) is 0 Å². The van der Waals surface area contributed by atoms with E-state index < -0.39 is 0 Å². The molecule has 1 aromatic heterocycles. The van der Waals surface area contributed by atoms with Crippen molar-refractivity contribution in [1.29, 1.82) is 0 Å². The third-order valence-electron chi connectivity index (χ3n) is 6.49. The van der Waals surface area contributed by atoms with Crippen LogP contribution in [0.5, 0.6) is 5.75 Å². The molecule has 1 aliphatic heterocycles. The molecular weight excluding hydrogens is 422 g/mol. The van der Waals surface area contributed by atoms with Gasteiger partial charge in [0.25, 0.3) is 0 Å². The van der Waals surface area contributed by atoms with E-state index in [0.717, 1.165) is 63.3 Å². The van der Waals surface area contributed by atoms with Crippen LogP contribution in [-0.2, 0) is 6.54 Å². The van der Waals surface area contributed by atoms with Gasteiger partial charge in [0.1, 0.15) is 11.6 Å². The molecule has 2 heterocycles. The molecule has 0 saturated carbocycles. The van der Waals surface area contributed by atoms with Crippen molar-refractivity contribution in [3.8, 4) is 5.75 Å². The summed E-state index contributed by atoms with van der Waals surface area (Å²) in [6.07, 6.45) is 14.8. The Hall–Kier alpha value is -2.34. The van der Waals surface area contributed by atoms with Crippen molar-refractivity contribution >= 4 is 11.8 Å². The molecule has 1 saturated heterocycles. The fourth-order valence-electron chi connectivity index (χ4n) is 4.42. The third-order valence-corrected chi connectivity index (χ3v) is 6.49. The number of unbranched alkanes of at least 4 members (excludes halogenated alkanes) is 5. The maximum Gasteiger partial charge on any atom is 0.224 e. The lowest BCUT2D eigenvalue weighted by Gasteiger charge is -2.22. The monoisotopic (exact) mass is 467 g/mol. The molecule has 1 N–H and O–H groups in total. The van der Waals surface area contributed by atoms with E-state index in [1.807, 2.05) is 12.3 Å². The van der Waals surface area contributed by atoms with E-state index in [-0.39, 0.29) is 0 Å². The Balaban J connectivity index is 1.32. The van der Waals surface area contributed by atoms with E-state index in [4.69, 9.17) is 9.72 Å². The Labute approximate surface area is 207 Å². The van der Waals surface area contributed by atoms with Gasteiger partial charge in [-0.15, -0.1) is 0 Å². The largest absolute Gasteiger partial charge is 0.494 e. The number of aromatic nitrogens is 2. The molecule has 2 aromatic rings. The summed E-state index contributed by atoms with van der Waals surface area (Å²) in [6.45, 7) is 7.93. The number of benzene rings is 1. The van der Waals surface area contributed by atoms with Crippen LogP contribution in [0.4, 0.5) is 11.8 Å². The van der Waals surface area contributed by atoms with Gasteiger partial charge in [-0.25, -0.2) is 4.98 Å². The number of ether oxygens (including phenoxy) is 1. The van der Waals surface area contributed by atoms with Crippen molar-refractivity contribution in [1.82, 2.24) is 14.9 Å². The van der Waals surface area contributed by atoms with Crippen molar-refractivity contribution < 1.29 is 4.74 Å². The molecule has 6 heteroatoms. The first-order valence-electron chi connectivity index (χ1n) is 13.5. The Bertz CT molecular complexity index is 790. The predicted octanol–water partition coefficient (Wildman–Crippen LogP) is 6.14. The second kappa shape index (κ2) is 15.5. The fourth-order valence-corrected chi connectivity index (χ4v) is 4.42. The lowest BCUT2D eigenvalue weighted by Crippen LogP contribution is -2.27. The van der Waals surface area contributed by atoms with Crippen LogP contribution in [0.15, 0.2) is 36.5 Å². The first-order valence-corrected chi connectivity index (χ1v) is 13.5.